The summed E-state index contributed by atoms with van der Waals surface area (Å²) < 4.78 is 16.5. The predicted octanol–water partition coefficient (Wildman–Crippen LogP) is 15.1. The molecule has 0 spiro atoms. The van der Waals surface area contributed by atoms with E-state index in [4.69, 9.17) is 19.0 Å². The highest BCUT2D eigenvalue weighted by Gasteiger charge is 2.16. The van der Waals surface area contributed by atoms with Crippen molar-refractivity contribution in [2.24, 2.45) is 5.92 Å². The second kappa shape index (κ2) is 54.7. The largest absolute Gasteiger partial charge is 0.462 e. The van der Waals surface area contributed by atoms with Crippen LogP contribution in [0.25, 0.3) is 0 Å². The van der Waals surface area contributed by atoms with Gasteiger partial charge in [-0.15, -0.1) is 0 Å². The van der Waals surface area contributed by atoms with Crippen LogP contribution in [0.4, 0.5) is 4.79 Å². The summed E-state index contributed by atoms with van der Waals surface area (Å²) in [5, 5.41) is 2.87. The molecule has 1 saturated heterocycles. The van der Waals surface area contributed by atoms with Gasteiger partial charge < -0.3 is 34.1 Å². The van der Waals surface area contributed by atoms with Crippen LogP contribution < -0.4 is 10.8 Å². The molecule has 67 heavy (non-hydrogen) atoms. The van der Waals surface area contributed by atoms with E-state index in [0.717, 1.165) is 77.4 Å². The van der Waals surface area contributed by atoms with Crippen molar-refractivity contribution in [2.45, 2.75) is 258 Å². The number of unbranched alkanes of at least 4 members (excludes halogenated alkanes) is 23. The van der Waals surface area contributed by atoms with Gasteiger partial charge >= 0.3 is 12.1 Å². The quantitative estimate of drug-likeness (QED) is 0.0202. The van der Waals surface area contributed by atoms with Gasteiger partial charge in [0, 0.05) is 45.5 Å². The third-order valence-corrected chi connectivity index (χ3v) is 12.7. The molecule has 1 heterocycles. The van der Waals surface area contributed by atoms with Crippen LogP contribution in [0.2, 0.25) is 0 Å². The molecular formula is C57H109N3O7. The second-order valence-electron chi connectivity index (χ2n) is 19.2. The van der Waals surface area contributed by atoms with Gasteiger partial charge in [0.1, 0.15) is 19.0 Å². The van der Waals surface area contributed by atoms with Gasteiger partial charge in [0.2, 0.25) is 0 Å². The van der Waals surface area contributed by atoms with Crippen LogP contribution in [-0.2, 0) is 28.6 Å². The summed E-state index contributed by atoms with van der Waals surface area (Å²) in [5.41, 5.74) is 3.05. The minimum Gasteiger partial charge on any atom is -0.462 e. The summed E-state index contributed by atoms with van der Waals surface area (Å²) in [6, 6.07) is 0. The van der Waals surface area contributed by atoms with Gasteiger partial charge in [-0.1, -0.05) is 173 Å². The Bertz CT molecular complexity index is 1100. The van der Waals surface area contributed by atoms with Crippen LogP contribution >= 0.6 is 0 Å². The van der Waals surface area contributed by atoms with Crippen molar-refractivity contribution in [3.8, 4) is 0 Å². The number of nitrogens with zero attached hydrogens (tertiary/aromatic N) is 1. The lowest BCUT2D eigenvalue weighted by Gasteiger charge is -2.20. The number of carbonyl (C=O) groups excluding carboxylic acids is 3. The molecule has 394 valence electrons. The Morgan fingerprint density at radius 2 is 1.09 bits per heavy atom. The van der Waals surface area contributed by atoms with Crippen molar-refractivity contribution in [1.29, 1.82) is 0 Å². The topological polar surface area (TPSA) is 115 Å². The molecule has 0 aliphatic carbocycles. The number of hydrogen-bond acceptors (Lipinski definition) is 9. The second-order valence-corrected chi connectivity index (χ2v) is 19.2. The molecule has 1 aliphatic heterocycles. The first-order valence-corrected chi connectivity index (χ1v) is 28.4. The van der Waals surface area contributed by atoms with Gasteiger partial charge in [0.05, 0.1) is 13.2 Å². The molecule has 1 rings (SSSR count). The molecule has 0 aromatic rings. The third kappa shape index (κ3) is 49.9. The summed E-state index contributed by atoms with van der Waals surface area (Å²) in [4.78, 5) is 42.6. The van der Waals surface area contributed by atoms with Crippen LogP contribution in [0, 0.1) is 5.92 Å². The molecule has 2 N–H and O–H groups in total. The van der Waals surface area contributed by atoms with Crippen LogP contribution in [0.15, 0.2) is 24.3 Å². The zero-order valence-electron chi connectivity index (χ0n) is 44.5. The van der Waals surface area contributed by atoms with E-state index in [2.05, 4.69) is 60.8 Å². The molecule has 0 aromatic heterocycles. The maximum Gasteiger partial charge on any atom is 0.407 e. The summed E-state index contributed by atoms with van der Waals surface area (Å²) >= 11 is 0. The first-order chi connectivity index (χ1) is 33.0. The first kappa shape index (κ1) is 64.7. The highest BCUT2D eigenvalue weighted by atomic mass is 16.6. The fraction of sp³-hybridized carbons (Fsp3) is 0.877. The van der Waals surface area contributed by atoms with Gasteiger partial charge in [-0.05, 0) is 103 Å². The number of allylic oxidation sites excluding steroid dienone is 4. The zero-order valence-corrected chi connectivity index (χ0v) is 44.5. The van der Waals surface area contributed by atoms with Crippen molar-refractivity contribution in [2.75, 3.05) is 59.7 Å². The van der Waals surface area contributed by atoms with E-state index in [1.165, 1.54) is 173 Å². The summed E-state index contributed by atoms with van der Waals surface area (Å²) in [5.74, 6) is -0.0277. The number of hydroxylamine groups is 1. The number of likely N-dealkylation sites (tertiary alicyclic amines) is 1. The number of amides is 1. The predicted molar refractivity (Wildman–Crippen MR) is 283 cm³/mol. The van der Waals surface area contributed by atoms with Crippen LogP contribution in [0.3, 0.4) is 0 Å². The maximum absolute atomic E-state index is 12.2. The first-order valence-electron chi connectivity index (χ1n) is 28.4. The number of alkyl carbamates (subject to hydrolysis) is 1. The average Bonchev–Trinajstić information content (AvgIpc) is 3.61. The van der Waals surface area contributed by atoms with Gasteiger partial charge in [0.25, 0.3) is 0 Å². The molecular weight excluding hydrogens is 839 g/mol. The van der Waals surface area contributed by atoms with E-state index in [1.54, 1.807) is 7.11 Å². The lowest BCUT2D eigenvalue weighted by atomic mass is 10.0. The van der Waals surface area contributed by atoms with E-state index < -0.39 is 0 Å². The summed E-state index contributed by atoms with van der Waals surface area (Å²) in [6.45, 7) is 12.6. The number of methoxy groups -OCH3 is 1. The van der Waals surface area contributed by atoms with Crippen molar-refractivity contribution < 1.29 is 33.4 Å². The zero-order chi connectivity index (χ0) is 48.8. The van der Waals surface area contributed by atoms with E-state index in [1.807, 2.05) is 0 Å². The van der Waals surface area contributed by atoms with Crippen molar-refractivity contribution >= 4 is 18.3 Å². The Balaban J connectivity index is 0.00000135. The van der Waals surface area contributed by atoms with Crippen LogP contribution in [-0.4, -0.2) is 89.0 Å². The van der Waals surface area contributed by atoms with E-state index >= 15 is 0 Å². The average molecular weight is 949 g/mol. The SMILES string of the molecule is CCCCC/C=C\C/C=C\CCCCCCCNOCC(COC)COC(=O)NCCN1CCCCCC1.CCCCCCCCCCC(CCCCCCCC)OC(=O)CCCCCC=O. The number of esters is 1. The third-order valence-electron chi connectivity index (χ3n) is 12.7. The van der Waals surface area contributed by atoms with Crippen LogP contribution in [0.5, 0.6) is 0 Å². The normalized spacial score (nSPS) is 14.1. The minimum absolute atomic E-state index is 0.00783. The fourth-order valence-electron chi connectivity index (χ4n) is 8.40. The number of hydrogen-bond donors (Lipinski definition) is 2. The molecule has 2 atom stereocenters. The fourth-order valence-corrected chi connectivity index (χ4v) is 8.40. The summed E-state index contributed by atoms with van der Waals surface area (Å²) in [7, 11) is 1.66. The minimum atomic E-state index is -0.362. The molecule has 10 nitrogen and oxygen atoms in total. The molecule has 1 aliphatic rings. The molecule has 2 unspecified atom stereocenters. The Hall–Kier alpha value is -2.27. The molecule has 0 bridgehead atoms. The molecule has 0 aromatic carbocycles. The van der Waals surface area contributed by atoms with Crippen molar-refractivity contribution in [3.63, 3.8) is 0 Å². The van der Waals surface area contributed by atoms with E-state index in [0.29, 0.717) is 32.6 Å². The molecule has 0 saturated carbocycles. The van der Waals surface area contributed by atoms with E-state index in [-0.39, 0.29) is 30.7 Å². The highest BCUT2D eigenvalue weighted by molar-refractivity contribution is 5.69. The smallest absolute Gasteiger partial charge is 0.407 e. The lowest BCUT2D eigenvalue weighted by Crippen LogP contribution is -2.36. The number of carbonyl (C=O) groups is 3. The Morgan fingerprint density at radius 1 is 0.567 bits per heavy atom. The highest BCUT2D eigenvalue weighted by Crippen LogP contribution is 2.19. The number of ether oxygens (including phenoxy) is 3. The standard InChI is InChI=1S/C31H59N3O4.C26H50O3/c1-3-4-5-6-7-8-9-10-11-12-13-14-15-16-19-22-33-38-29-30(27-36-2)28-37-31(35)32-23-26-34-24-20-17-18-21-25-34;1-3-5-7-9-11-12-14-18-22-25(21-17-13-10-8-6-4-2)29-26(28)23-19-15-16-20-24-27/h7-8,10-11,30,33H,3-6,9,12-29H2,1-2H3,(H,32,35);24-25H,3-23H2,1-2H3/b8-7-,11-10-;. The monoisotopic (exact) mass is 948 g/mol. The molecule has 1 fully saturated rings. The van der Waals surface area contributed by atoms with Gasteiger partial charge in [-0.2, -0.15) is 0 Å². The Labute approximate surface area is 414 Å². The lowest BCUT2D eigenvalue weighted by molar-refractivity contribution is -0.150. The van der Waals surface area contributed by atoms with Gasteiger partial charge in [0.15, 0.2) is 0 Å². The number of aldehydes is 1. The van der Waals surface area contributed by atoms with Crippen LogP contribution in [0.1, 0.15) is 252 Å². The van der Waals surface area contributed by atoms with Crippen molar-refractivity contribution in [1.82, 2.24) is 15.7 Å². The van der Waals surface area contributed by atoms with E-state index in [9.17, 15) is 14.4 Å². The summed E-state index contributed by atoms with van der Waals surface area (Å²) in [6.07, 6.45) is 52.7. The molecule has 1 amide bonds. The molecule has 0 radical (unpaired) electrons. The Morgan fingerprint density at radius 3 is 1.69 bits per heavy atom. The van der Waals surface area contributed by atoms with Gasteiger partial charge in [-0.3, -0.25) is 4.79 Å². The number of nitrogens with one attached hydrogen (secondary N) is 2. The van der Waals surface area contributed by atoms with Gasteiger partial charge in [-0.25, -0.2) is 10.3 Å². The Kier molecular flexibility index (Phi) is 52.8. The maximum atomic E-state index is 12.2. The van der Waals surface area contributed by atoms with Crippen molar-refractivity contribution in [3.05, 3.63) is 24.3 Å². The molecule has 10 heteroatoms. The number of rotatable bonds is 47.